The Morgan fingerprint density at radius 3 is 2.33 bits per heavy atom. The van der Waals surface area contributed by atoms with E-state index in [4.69, 9.17) is 15.8 Å². The molecular formula is C13H10ClNO5S. The number of halogens is 1. The number of rotatable bonds is 4. The highest BCUT2D eigenvalue weighted by atomic mass is 35.5. The predicted octanol–water partition coefficient (Wildman–Crippen LogP) is 3.32. The van der Waals surface area contributed by atoms with E-state index in [0.717, 1.165) is 6.07 Å². The van der Waals surface area contributed by atoms with E-state index in [2.05, 4.69) is 0 Å². The summed E-state index contributed by atoms with van der Waals surface area (Å²) in [5.41, 5.74) is 0.0356. The molecule has 0 bridgehead atoms. The average Bonchev–Trinajstić information content (AvgIpc) is 2.41. The van der Waals surface area contributed by atoms with Crippen molar-refractivity contribution in [2.75, 3.05) is 0 Å². The number of nitro groups is 1. The minimum absolute atomic E-state index is 0.0744. The van der Waals surface area contributed by atoms with Crippen LogP contribution in [-0.4, -0.2) is 13.3 Å². The van der Waals surface area contributed by atoms with E-state index < -0.39 is 15.0 Å². The normalized spacial score (nSPS) is 11.1. The molecule has 8 heteroatoms. The number of benzene rings is 2. The van der Waals surface area contributed by atoms with Gasteiger partial charge in [-0.3, -0.25) is 10.1 Å². The number of hydrogen-bond acceptors (Lipinski definition) is 5. The van der Waals surface area contributed by atoms with Crippen molar-refractivity contribution in [2.24, 2.45) is 0 Å². The first-order valence-corrected chi connectivity index (χ1v) is 7.53. The third-order valence-corrected chi connectivity index (χ3v) is 4.31. The van der Waals surface area contributed by atoms with Crippen LogP contribution in [0.4, 0.5) is 5.69 Å². The van der Waals surface area contributed by atoms with E-state index in [1.165, 1.54) is 43.3 Å². The van der Waals surface area contributed by atoms with Gasteiger partial charge in [0.15, 0.2) is 0 Å². The number of aryl methyl sites for hydroxylation is 1. The van der Waals surface area contributed by atoms with Crippen molar-refractivity contribution >= 4 is 27.4 Å². The van der Waals surface area contributed by atoms with Gasteiger partial charge in [-0.15, -0.1) is 0 Å². The van der Waals surface area contributed by atoms with Gasteiger partial charge in [0, 0.05) is 17.2 Å². The minimum atomic E-state index is -4.16. The second-order valence-electron chi connectivity index (χ2n) is 4.20. The van der Waals surface area contributed by atoms with E-state index >= 15 is 0 Å². The lowest BCUT2D eigenvalue weighted by atomic mass is 10.2. The molecular weight excluding hydrogens is 318 g/mol. The Morgan fingerprint density at radius 1 is 1.14 bits per heavy atom. The smallest absolute Gasteiger partial charge is 0.339 e. The molecule has 0 aromatic heterocycles. The summed E-state index contributed by atoms with van der Waals surface area (Å²) >= 11 is 5.70. The Hall–Kier alpha value is -2.12. The molecule has 0 atom stereocenters. The van der Waals surface area contributed by atoms with Crippen LogP contribution >= 0.6 is 11.6 Å². The van der Waals surface area contributed by atoms with Crippen molar-refractivity contribution in [3.8, 4) is 5.75 Å². The van der Waals surface area contributed by atoms with Crippen LogP contribution in [0.5, 0.6) is 5.75 Å². The highest BCUT2D eigenvalue weighted by Crippen LogP contribution is 2.25. The molecule has 2 aromatic carbocycles. The first kappa shape index (κ1) is 15.3. The van der Waals surface area contributed by atoms with Gasteiger partial charge in [0.05, 0.1) is 4.92 Å². The van der Waals surface area contributed by atoms with Gasteiger partial charge >= 0.3 is 10.1 Å². The number of hydrogen-bond donors (Lipinski definition) is 0. The van der Waals surface area contributed by atoms with Gasteiger partial charge in [0.1, 0.15) is 10.6 Å². The van der Waals surface area contributed by atoms with E-state index in [9.17, 15) is 18.5 Å². The fourth-order valence-electron chi connectivity index (χ4n) is 1.63. The molecule has 0 N–H and O–H groups in total. The highest BCUT2D eigenvalue weighted by Gasteiger charge is 2.22. The third-order valence-electron chi connectivity index (χ3n) is 2.67. The Labute approximate surface area is 126 Å². The van der Waals surface area contributed by atoms with Crippen LogP contribution < -0.4 is 4.18 Å². The summed E-state index contributed by atoms with van der Waals surface area (Å²) in [5.74, 6) is 0.0744. The van der Waals surface area contributed by atoms with Crippen molar-refractivity contribution in [1.29, 1.82) is 0 Å². The fraction of sp³-hybridized carbons (Fsp3) is 0.0769. The number of nitro benzene ring substituents is 1. The average molecular weight is 328 g/mol. The lowest BCUT2D eigenvalue weighted by molar-refractivity contribution is -0.385. The Balaban J connectivity index is 2.41. The number of non-ortho nitro benzene ring substituents is 1. The lowest BCUT2D eigenvalue weighted by Crippen LogP contribution is -2.11. The topological polar surface area (TPSA) is 86.5 Å². The molecule has 0 aliphatic carbocycles. The standard InChI is InChI=1S/C13H10ClNO5S/c1-9-2-5-11(15(16)17)8-13(9)21(18,19)20-12-6-3-10(14)4-7-12/h2-8H,1H3. The van der Waals surface area contributed by atoms with Crippen molar-refractivity contribution in [3.63, 3.8) is 0 Å². The molecule has 6 nitrogen and oxygen atoms in total. The van der Waals surface area contributed by atoms with E-state index in [1.807, 2.05) is 0 Å². The maximum atomic E-state index is 12.2. The van der Waals surface area contributed by atoms with Gasteiger partial charge in [-0.1, -0.05) is 17.7 Å². The zero-order chi connectivity index (χ0) is 15.6. The van der Waals surface area contributed by atoms with Crippen LogP contribution in [0.1, 0.15) is 5.56 Å². The van der Waals surface area contributed by atoms with Crippen LogP contribution in [0.25, 0.3) is 0 Å². The van der Waals surface area contributed by atoms with E-state index in [0.29, 0.717) is 10.6 Å². The zero-order valence-corrected chi connectivity index (χ0v) is 12.4. The molecule has 2 aromatic rings. The molecule has 0 fully saturated rings. The summed E-state index contributed by atoms with van der Waals surface area (Å²) in [6.45, 7) is 1.53. The second kappa shape index (κ2) is 5.71. The van der Waals surface area contributed by atoms with Gasteiger partial charge in [-0.05, 0) is 36.8 Å². The summed E-state index contributed by atoms with van der Waals surface area (Å²) in [5, 5.41) is 11.2. The maximum Gasteiger partial charge on any atom is 0.339 e. The molecule has 0 saturated heterocycles. The highest BCUT2D eigenvalue weighted by molar-refractivity contribution is 7.87. The van der Waals surface area contributed by atoms with Gasteiger partial charge in [-0.25, -0.2) is 0 Å². The van der Waals surface area contributed by atoms with Gasteiger partial charge < -0.3 is 4.18 Å². The molecule has 21 heavy (non-hydrogen) atoms. The van der Waals surface area contributed by atoms with Crippen LogP contribution in [0, 0.1) is 17.0 Å². The molecule has 0 aliphatic rings. The van der Waals surface area contributed by atoms with Crippen LogP contribution in [-0.2, 0) is 10.1 Å². The van der Waals surface area contributed by atoms with Crippen LogP contribution in [0.15, 0.2) is 47.4 Å². The maximum absolute atomic E-state index is 12.2. The van der Waals surface area contributed by atoms with E-state index in [1.54, 1.807) is 0 Å². The SMILES string of the molecule is Cc1ccc([N+](=O)[O-])cc1S(=O)(=O)Oc1ccc(Cl)cc1. The Morgan fingerprint density at radius 2 is 1.76 bits per heavy atom. The zero-order valence-electron chi connectivity index (χ0n) is 10.8. The monoisotopic (exact) mass is 327 g/mol. The molecule has 0 aliphatic heterocycles. The number of nitrogens with zero attached hydrogens (tertiary/aromatic N) is 1. The second-order valence-corrected chi connectivity index (χ2v) is 6.15. The summed E-state index contributed by atoms with van der Waals surface area (Å²) in [6.07, 6.45) is 0. The van der Waals surface area contributed by atoms with Crippen molar-refractivity contribution in [3.05, 3.63) is 63.2 Å². The fourth-order valence-corrected chi connectivity index (χ4v) is 2.94. The first-order valence-electron chi connectivity index (χ1n) is 5.75. The molecule has 0 heterocycles. The van der Waals surface area contributed by atoms with Gasteiger partial charge in [0.25, 0.3) is 5.69 Å². The molecule has 110 valence electrons. The molecule has 0 amide bonds. The first-order chi connectivity index (χ1) is 9.79. The van der Waals surface area contributed by atoms with Crippen molar-refractivity contribution in [1.82, 2.24) is 0 Å². The predicted molar refractivity (Wildman–Crippen MR) is 77.1 cm³/mol. The molecule has 0 unspecified atom stereocenters. The van der Waals surface area contributed by atoms with Gasteiger partial charge in [-0.2, -0.15) is 8.42 Å². The van der Waals surface area contributed by atoms with E-state index in [-0.39, 0.29) is 16.3 Å². The largest absolute Gasteiger partial charge is 0.379 e. The third kappa shape index (κ3) is 3.50. The minimum Gasteiger partial charge on any atom is -0.379 e. The summed E-state index contributed by atoms with van der Waals surface area (Å²) in [6, 6.07) is 9.31. The quantitative estimate of drug-likeness (QED) is 0.488. The molecule has 0 saturated carbocycles. The van der Waals surface area contributed by atoms with Crippen molar-refractivity contribution < 1.29 is 17.5 Å². The van der Waals surface area contributed by atoms with Crippen LogP contribution in [0.2, 0.25) is 5.02 Å². The Kier molecular flexibility index (Phi) is 4.15. The molecule has 0 radical (unpaired) electrons. The lowest BCUT2D eigenvalue weighted by Gasteiger charge is -2.09. The van der Waals surface area contributed by atoms with Crippen LogP contribution in [0.3, 0.4) is 0 Å². The van der Waals surface area contributed by atoms with Crippen molar-refractivity contribution in [2.45, 2.75) is 11.8 Å². The summed E-state index contributed by atoms with van der Waals surface area (Å²) in [4.78, 5) is 9.83. The summed E-state index contributed by atoms with van der Waals surface area (Å²) in [7, 11) is -4.16. The summed E-state index contributed by atoms with van der Waals surface area (Å²) < 4.78 is 29.4. The van der Waals surface area contributed by atoms with Gasteiger partial charge in [0.2, 0.25) is 0 Å². The Bertz CT molecular complexity index is 787. The molecule has 0 spiro atoms. The molecule has 2 rings (SSSR count).